The number of nitrogens with zero attached hydrogens (tertiary/aromatic N) is 4. The molecule has 0 unspecified atom stereocenters. The van der Waals surface area contributed by atoms with Gasteiger partial charge in [-0.1, -0.05) is 23.2 Å². The van der Waals surface area contributed by atoms with Crippen molar-refractivity contribution in [1.82, 2.24) is 24.2 Å². The predicted octanol–water partition coefficient (Wildman–Crippen LogP) is 2.05. The van der Waals surface area contributed by atoms with Crippen LogP contribution in [0, 0.1) is 0 Å². The molecule has 2 aromatic heterocycles. The van der Waals surface area contributed by atoms with Gasteiger partial charge in [-0.05, 0) is 18.2 Å². The molecule has 29 heavy (non-hydrogen) atoms. The number of hydrogen-bond donors (Lipinski definition) is 2. The van der Waals surface area contributed by atoms with Gasteiger partial charge in [0.1, 0.15) is 5.69 Å². The Hall–Kier alpha value is -2.40. The van der Waals surface area contributed by atoms with Gasteiger partial charge in [-0.3, -0.25) is 14.5 Å². The fourth-order valence-corrected chi connectivity index (χ4v) is 4.73. The molecule has 0 saturated carbocycles. The quantitative estimate of drug-likeness (QED) is 0.612. The van der Waals surface area contributed by atoms with Gasteiger partial charge in [0.2, 0.25) is 0 Å². The van der Waals surface area contributed by atoms with Crippen molar-refractivity contribution in [3.8, 4) is 0 Å². The Morgan fingerprint density at radius 1 is 1.24 bits per heavy atom. The van der Waals surface area contributed by atoms with Crippen LogP contribution in [0.15, 0.2) is 36.8 Å². The number of nitrogens with one attached hydrogen (secondary N) is 2. The average molecular weight is 455 g/mol. The molecule has 3 heterocycles. The van der Waals surface area contributed by atoms with Crippen molar-refractivity contribution in [2.24, 2.45) is 7.05 Å². The summed E-state index contributed by atoms with van der Waals surface area (Å²) < 4.78 is 29.9. The van der Waals surface area contributed by atoms with Crippen LogP contribution in [0.25, 0.3) is 10.9 Å². The van der Waals surface area contributed by atoms with Gasteiger partial charge in [0.15, 0.2) is 5.82 Å². The molecule has 3 aromatic rings. The largest absolute Gasteiger partial charge is 0.345 e. The summed E-state index contributed by atoms with van der Waals surface area (Å²) in [4.78, 5) is 20.4. The van der Waals surface area contributed by atoms with Crippen molar-refractivity contribution in [3.05, 3.63) is 52.5 Å². The van der Waals surface area contributed by atoms with Crippen LogP contribution in [0.2, 0.25) is 10.0 Å². The zero-order valence-electron chi connectivity index (χ0n) is 15.1. The van der Waals surface area contributed by atoms with Crippen molar-refractivity contribution in [2.45, 2.75) is 6.04 Å². The second-order valence-corrected chi connectivity index (χ2v) is 9.02. The van der Waals surface area contributed by atoms with E-state index < -0.39 is 10.2 Å². The molecule has 1 fully saturated rings. The molecule has 1 aliphatic heterocycles. The molecule has 0 atom stereocenters. The molecular formula is C17H16Cl2N6O3S. The summed E-state index contributed by atoms with van der Waals surface area (Å²) in [5.74, 6) is -0.189. The second kappa shape index (κ2) is 7.45. The van der Waals surface area contributed by atoms with Gasteiger partial charge in [-0.15, -0.1) is 0 Å². The van der Waals surface area contributed by atoms with E-state index >= 15 is 0 Å². The maximum atomic E-state index is 12.7. The zero-order valence-corrected chi connectivity index (χ0v) is 17.5. The third kappa shape index (κ3) is 3.76. The number of rotatable bonds is 5. The molecular weight excluding hydrogens is 439 g/mol. The van der Waals surface area contributed by atoms with Gasteiger partial charge in [-0.25, -0.2) is 4.98 Å². The maximum Gasteiger partial charge on any atom is 0.302 e. The Balaban J connectivity index is 1.42. The molecule has 1 aromatic carbocycles. The van der Waals surface area contributed by atoms with Crippen LogP contribution in [0.4, 0.5) is 5.82 Å². The maximum absolute atomic E-state index is 12.7. The van der Waals surface area contributed by atoms with Gasteiger partial charge in [0.05, 0.1) is 22.3 Å². The van der Waals surface area contributed by atoms with E-state index in [4.69, 9.17) is 23.2 Å². The van der Waals surface area contributed by atoms with Crippen LogP contribution < -0.4 is 10.0 Å². The molecule has 0 bridgehead atoms. The summed E-state index contributed by atoms with van der Waals surface area (Å²) in [6.45, 7) is 0.301. The van der Waals surface area contributed by atoms with Gasteiger partial charge in [-0.2, -0.15) is 12.7 Å². The topological polar surface area (TPSA) is 109 Å². The fraction of sp³-hybridized carbons (Fsp3) is 0.235. The number of benzene rings is 1. The second-order valence-electron chi connectivity index (χ2n) is 6.57. The van der Waals surface area contributed by atoms with Crippen molar-refractivity contribution in [3.63, 3.8) is 0 Å². The van der Waals surface area contributed by atoms with Crippen molar-refractivity contribution in [1.29, 1.82) is 0 Å². The molecule has 4 rings (SSSR count). The standard InChI is InChI=1S/C17H16Cl2N6O3S/c1-24-13-3-2-12(18)16(19)11(13)6-14(24)17(26)22-10-8-25(9-10)29(27,28)23-15-7-20-4-5-21-15/h2-7,10H,8-9H2,1H3,(H,21,23)(H,22,26). The lowest BCUT2D eigenvalue weighted by molar-refractivity contribution is 0.0888. The van der Waals surface area contributed by atoms with E-state index in [1.807, 2.05) is 0 Å². The molecule has 152 valence electrons. The van der Waals surface area contributed by atoms with E-state index in [0.29, 0.717) is 21.1 Å². The summed E-state index contributed by atoms with van der Waals surface area (Å²) in [5, 5.41) is 4.31. The highest BCUT2D eigenvalue weighted by Crippen LogP contribution is 2.32. The molecule has 0 radical (unpaired) electrons. The number of carbonyl (C=O) groups is 1. The predicted molar refractivity (Wildman–Crippen MR) is 110 cm³/mol. The van der Waals surface area contributed by atoms with Crippen LogP contribution in [0.1, 0.15) is 10.5 Å². The van der Waals surface area contributed by atoms with Crippen LogP contribution >= 0.6 is 23.2 Å². The molecule has 1 aliphatic rings. The highest BCUT2D eigenvalue weighted by Gasteiger charge is 2.37. The van der Waals surface area contributed by atoms with E-state index in [9.17, 15) is 13.2 Å². The van der Waals surface area contributed by atoms with Gasteiger partial charge in [0.25, 0.3) is 5.91 Å². The number of aromatic nitrogens is 3. The Kier molecular flexibility index (Phi) is 5.11. The first kappa shape index (κ1) is 19.9. The third-order valence-corrected chi connectivity index (χ3v) is 6.93. The third-order valence-electron chi connectivity index (χ3n) is 4.67. The highest BCUT2D eigenvalue weighted by atomic mass is 35.5. The monoisotopic (exact) mass is 454 g/mol. The lowest BCUT2D eigenvalue weighted by Crippen LogP contribution is -2.62. The molecule has 0 aliphatic carbocycles. The van der Waals surface area contributed by atoms with Gasteiger partial charge in [0, 0.05) is 43.4 Å². The minimum atomic E-state index is -3.76. The Morgan fingerprint density at radius 2 is 2.00 bits per heavy atom. The average Bonchev–Trinajstić information content (AvgIpc) is 2.98. The lowest BCUT2D eigenvalue weighted by Gasteiger charge is -2.38. The normalized spacial score (nSPS) is 15.3. The minimum Gasteiger partial charge on any atom is -0.345 e. The van der Waals surface area contributed by atoms with Crippen LogP contribution in [-0.2, 0) is 17.3 Å². The van der Waals surface area contributed by atoms with Crippen LogP contribution in [0.5, 0.6) is 0 Å². The van der Waals surface area contributed by atoms with Crippen LogP contribution in [-0.4, -0.2) is 52.3 Å². The first-order valence-electron chi connectivity index (χ1n) is 8.54. The number of anilines is 1. The van der Waals surface area contributed by atoms with Crippen LogP contribution in [0.3, 0.4) is 0 Å². The molecule has 1 saturated heterocycles. The summed E-state index contributed by atoms with van der Waals surface area (Å²) >= 11 is 12.3. The zero-order chi connectivity index (χ0) is 20.8. The number of carbonyl (C=O) groups excluding carboxylic acids is 1. The first-order chi connectivity index (χ1) is 13.8. The number of amides is 1. The molecule has 12 heteroatoms. The van der Waals surface area contributed by atoms with E-state index in [-0.39, 0.29) is 30.9 Å². The van der Waals surface area contributed by atoms with Gasteiger partial charge >= 0.3 is 10.2 Å². The van der Waals surface area contributed by atoms with E-state index in [1.165, 1.54) is 22.9 Å². The Morgan fingerprint density at radius 3 is 2.69 bits per heavy atom. The minimum absolute atomic E-state index is 0.131. The number of halogens is 2. The number of aryl methyl sites for hydroxylation is 1. The van der Waals surface area contributed by atoms with E-state index in [0.717, 1.165) is 5.52 Å². The lowest BCUT2D eigenvalue weighted by atomic mass is 10.2. The summed E-state index contributed by atoms with van der Waals surface area (Å²) in [5.41, 5.74) is 1.18. The van der Waals surface area contributed by atoms with Crippen molar-refractivity contribution < 1.29 is 13.2 Å². The Bertz CT molecular complexity index is 1190. The summed E-state index contributed by atoms with van der Waals surface area (Å²) in [6.07, 6.45) is 4.15. The Labute approximate surface area is 176 Å². The van der Waals surface area contributed by atoms with E-state index in [2.05, 4.69) is 20.0 Å². The highest BCUT2D eigenvalue weighted by molar-refractivity contribution is 7.90. The van der Waals surface area contributed by atoms with E-state index in [1.54, 1.807) is 29.8 Å². The SMILES string of the molecule is Cn1c(C(=O)NC2CN(S(=O)(=O)Nc3cnccn3)C2)cc2c(Cl)c(Cl)ccc21. The van der Waals surface area contributed by atoms with Crippen molar-refractivity contribution >= 4 is 56.0 Å². The van der Waals surface area contributed by atoms with Crippen molar-refractivity contribution in [2.75, 3.05) is 17.8 Å². The smallest absolute Gasteiger partial charge is 0.302 e. The molecule has 1 amide bonds. The first-order valence-corrected chi connectivity index (χ1v) is 10.7. The van der Waals surface area contributed by atoms with Gasteiger partial charge < -0.3 is 9.88 Å². The molecule has 2 N–H and O–H groups in total. The number of hydrogen-bond acceptors (Lipinski definition) is 5. The molecule has 9 nitrogen and oxygen atoms in total. The summed E-state index contributed by atoms with van der Waals surface area (Å²) in [6, 6.07) is 4.82. The fourth-order valence-electron chi connectivity index (χ4n) is 3.10. The summed E-state index contributed by atoms with van der Waals surface area (Å²) in [7, 11) is -2.00. The molecule has 0 spiro atoms. The number of fused-ring (bicyclic) bond motifs is 1.